The third-order valence-corrected chi connectivity index (χ3v) is 3.43. The topological polar surface area (TPSA) is 24.5 Å². The fourth-order valence-electron chi connectivity index (χ4n) is 1.97. The van der Waals surface area contributed by atoms with Crippen LogP contribution in [-0.2, 0) is 0 Å². The SMILES string of the molecule is CCN(CC)CCOc1cc(F)ccc1C(C)NC. The van der Waals surface area contributed by atoms with Gasteiger partial charge in [-0.3, -0.25) is 0 Å². The number of nitrogens with one attached hydrogen (secondary N) is 1. The minimum atomic E-state index is -0.259. The molecule has 0 saturated carbocycles. The molecule has 0 radical (unpaired) electrons. The van der Waals surface area contributed by atoms with Gasteiger partial charge in [-0.15, -0.1) is 0 Å². The number of likely N-dealkylation sites (N-methyl/N-ethyl adjacent to an activating group) is 1. The van der Waals surface area contributed by atoms with E-state index < -0.39 is 0 Å². The highest BCUT2D eigenvalue weighted by Crippen LogP contribution is 2.25. The molecule has 1 aromatic carbocycles. The van der Waals surface area contributed by atoms with Crippen LogP contribution in [0.1, 0.15) is 32.4 Å². The molecule has 0 spiro atoms. The predicted octanol–water partition coefficient (Wildman–Crippen LogP) is 2.83. The lowest BCUT2D eigenvalue weighted by molar-refractivity contribution is 0.220. The minimum Gasteiger partial charge on any atom is -0.492 e. The summed E-state index contributed by atoms with van der Waals surface area (Å²) in [6.45, 7) is 9.72. The van der Waals surface area contributed by atoms with E-state index in [1.807, 2.05) is 14.0 Å². The molecule has 3 nitrogen and oxygen atoms in total. The van der Waals surface area contributed by atoms with Gasteiger partial charge in [0, 0.05) is 24.2 Å². The average Bonchev–Trinajstić information content (AvgIpc) is 2.43. The van der Waals surface area contributed by atoms with Gasteiger partial charge in [-0.05, 0) is 33.1 Å². The summed E-state index contributed by atoms with van der Waals surface area (Å²) >= 11 is 0. The Morgan fingerprint density at radius 3 is 2.58 bits per heavy atom. The molecule has 1 unspecified atom stereocenters. The summed E-state index contributed by atoms with van der Waals surface area (Å²) < 4.78 is 19.1. The molecule has 0 amide bonds. The van der Waals surface area contributed by atoms with Crippen molar-refractivity contribution in [2.24, 2.45) is 0 Å². The molecule has 1 atom stereocenters. The van der Waals surface area contributed by atoms with Crippen LogP contribution in [0, 0.1) is 5.82 Å². The standard InChI is InChI=1S/C15H25FN2O/c1-5-18(6-2)9-10-19-15-11-13(16)7-8-14(15)12(3)17-4/h7-8,11-12,17H,5-6,9-10H2,1-4H3. The Bertz CT molecular complexity index is 380. The Hall–Kier alpha value is -1.13. The average molecular weight is 268 g/mol. The van der Waals surface area contributed by atoms with Gasteiger partial charge in [0.05, 0.1) is 0 Å². The van der Waals surface area contributed by atoms with Crippen molar-refractivity contribution in [3.63, 3.8) is 0 Å². The van der Waals surface area contributed by atoms with Crippen molar-refractivity contribution >= 4 is 0 Å². The first kappa shape index (κ1) is 15.9. The molecular weight excluding hydrogens is 243 g/mol. The van der Waals surface area contributed by atoms with Gasteiger partial charge in [-0.25, -0.2) is 4.39 Å². The molecule has 0 saturated heterocycles. The number of ether oxygens (including phenoxy) is 1. The zero-order valence-electron chi connectivity index (χ0n) is 12.4. The molecule has 0 aromatic heterocycles. The van der Waals surface area contributed by atoms with Gasteiger partial charge in [0.1, 0.15) is 18.2 Å². The highest BCUT2D eigenvalue weighted by molar-refractivity contribution is 5.36. The molecule has 1 aromatic rings. The lowest BCUT2D eigenvalue weighted by Crippen LogP contribution is -2.28. The summed E-state index contributed by atoms with van der Waals surface area (Å²) in [7, 11) is 1.88. The van der Waals surface area contributed by atoms with Crippen molar-refractivity contribution < 1.29 is 9.13 Å². The van der Waals surface area contributed by atoms with Crippen LogP contribution < -0.4 is 10.1 Å². The first-order valence-electron chi connectivity index (χ1n) is 6.94. The van der Waals surface area contributed by atoms with Crippen LogP contribution >= 0.6 is 0 Å². The second-order valence-corrected chi connectivity index (χ2v) is 4.57. The van der Waals surface area contributed by atoms with E-state index >= 15 is 0 Å². The Morgan fingerprint density at radius 2 is 2.00 bits per heavy atom. The highest BCUT2D eigenvalue weighted by atomic mass is 19.1. The monoisotopic (exact) mass is 268 g/mol. The summed E-state index contributed by atoms with van der Waals surface area (Å²) in [5.74, 6) is 0.374. The van der Waals surface area contributed by atoms with Crippen molar-refractivity contribution in [1.82, 2.24) is 10.2 Å². The Morgan fingerprint density at radius 1 is 1.32 bits per heavy atom. The van der Waals surface area contributed by atoms with Crippen molar-refractivity contribution in [3.8, 4) is 5.75 Å². The molecular formula is C15H25FN2O. The third-order valence-electron chi connectivity index (χ3n) is 3.43. The van der Waals surface area contributed by atoms with E-state index in [9.17, 15) is 4.39 Å². The smallest absolute Gasteiger partial charge is 0.127 e. The van der Waals surface area contributed by atoms with Crippen molar-refractivity contribution in [1.29, 1.82) is 0 Å². The number of nitrogens with zero attached hydrogens (tertiary/aromatic N) is 1. The molecule has 0 aliphatic rings. The van der Waals surface area contributed by atoms with E-state index in [-0.39, 0.29) is 11.9 Å². The zero-order chi connectivity index (χ0) is 14.3. The Balaban J connectivity index is 2.68. The first-order chi connectivity index (χ1) is 9.12. The van der Waals surface area contributed by atoms with E-state index in [1.165, 1.54) is 12.1 Å². The number of halogens is 1. The molecule has 19 heavy (non-hydrogen) atoms. The maximum Gasteiger partial charge on any atom is 0.127 e. The molecule has 0 aliphatic carbocycles. The Labute approximate surface area is 115 Å². The fraction of sp³-hybridized carbons (Fsp3) is 0.600. The number of rotatable bonds is 8. The van der Waals surface area contributed by atoms with Crippen LogP contribution in [0.15, 0.2) is 18.2 Å². The minimum absolute atomic E-state index is 0.143. The van der Waals surface area contributed by atoms with Gasteiger partial charge in [-0.2, -0.15) is 0 Å². The van der Waals surface area contributed by atoms with E-state index in [0.717, 1.165) is 25.2 Å². The quantitative estimate of drug-likeness (QED) is 0.784. The van der Waals surface area contributed by atoms with Crippen LogP contribution in [0.5, 0.6) is 5.75 Å². The summed E-state index contributed by atoms with van der Waals surface area (Å²) in [6, 6.07) is 4.86. The number of hydrogen-bond acceptors (Lipinski definition) is 3. The van der Waals surface area contributed by atoms with E-state index in [0.29, 0.717) is 12.4 Å². The summed E-state index contributed by atoms with van der Waals surface area (Å²) in [5.41, 5.74) is 0.989. The second kappa shape index (κ2) is 8.12. The first-order valence-corrected chi connectivity index (χ1v) is 6.94. The maximum atomic E-state index is 13.3. The second-order valence-electron chi connectivity index (χ2n) is 4.57. The van der Waals surface area contributed by atoms with Crippen LogP contribution in [0.25, 0.3) is 0 Å². The van der Waals surface area contributed by atoms with Crippen molar-refractivity contribution in [2.75, 3.05) is 33.3 Å². The van der Waals surface area contributed by atoms with E-state index in [1.54, 1.807) is 6.07 Å². The predicted molar refractivity (Wildman–Crippen MR) is 77.2 cm³/mol. The molecule has 1 N–H and O–H groups in total. The highest BCUT2D eigenvalue weighted by Gasteiger charge is 2.11. The largest absolute Gasteiger partial charge is 0.492 e. The van der Waals surface area contributed by atoms with Crippen molar-refractivity contribution in [3.05, 3.63) is 29.6 Å². The van der Waals surface area contributed by atoms with Gasteiger partial charge in [0.15, 0.2) is 0 Å². The van der Waals surface area contributed by atoms with Crippen LogP contribution in [-0.4, -0.2) is 38.2 Å². The van der Waals surface area contributed by atoms with Gasteiger partial charge in [-0.1, -0.05) is 19.9 Å². The summed E-state index contributed by atoms with van der Waals surface area (Å²) in [5, 5.41) is 3.15. The normalized spacial score (nSPS) is 12.7. The summed E-state index contributed by atoms with van der Waals surface area (Å²) in [6.07, 6.45) is 0. The van der Waals surface area contributed by atoms with Gasteiger partial charge < -0.3 is 15.0 Å². The molecule has 0 bridgehead atoms. The lowest BCUT2D eigenvalue weighted by atomic mass is 10.1. The molecule has 0 aliphatic heterocycles. The van der Waals surface area contributed by atoms with Crippen LogP contribution in [0.2, 0.25) is 0 Å². The lowest BCUT2D eigenvalue weighted by Gasteiger charge is -2.20. The van der Waals surface area contributed by atoms with Gasteiger partial charge >= 0.3 is 0 Å². The van der Waals surface area contributed by atoms with Crippen LogP contribution in [0.3, 0.4) is 0 Å². The molecule has 108 valence electrons. The maximum absolute atomic E-state index is 13.3. The molecule has 0 heterocycles. The summed E-state index contributed by atoms with van der Waals surface area (Å²) in [4.78, 5) is 2.28. The molecule has 0 fully saturated rings. The van der Waals surface area contributed by atoms with Crippen molar-refractivity contribution in [2.45, 2.75) is 26.8 Å². The number of hydrogen-bond donors (Lipinski definition) is 1. The Kier molecular flexibility index (Phi) is 6.81. The van der Waals surface area contributed by atoms with Gasteiger partial charge in [0.2, 0.25) is 0 Å². The van der Waals surface area contributed by atoms with Crippen LogP contribution in [0.4, 0.5) is 4.39 Å². The fourth-order valence-corrected chi connectivity index (χ4v) is 1.97. The van der Waals surface area contributed by atoms with E-state index in [2.05, 4.69) is 24.1 Å². The molecule has 1 rings (SSSR count). The third kappa shape index (κ3) is 4.80. The van der Waals surface area contributed by atoms with Gasteiger partial charge in [0.25, 0.3) is 0 Å². The zero-order valence-corrected chi connectivity index (χ0v) is 12.4. The number of benzene rings is 1. The molecule has 4 heteroatoms. The van der Waals surface area contributed by atoms with E-state index in [4.69, 9.17) is 4.74 Å².